The molecule has 0 aromatic heterocycles. The highest BCUT2D eigenvalue weighted by molar-refractivity contribution is 5.81. The lowest BCUT2D eigenvalue weighted by Gasteiger charge is -2.19. The number of ether oxygens (including phenoxy) is 2. The van der Waals surface area contributed by atoms with Crippen molar-refractivity contribution in [3.63, 3.8) is 0 Å². The van der Waals surface area contributed by atoms with Crippen molar-refractivity contribution in [2.24, 2.45) is 11.8 Å². The second-order valence-electron chi connectivity index (χ2n) is 5.12. The molecule has 0 aliphatic carbocycles. The SMILES string of the molecule is COCCOC(=O)C[C@@H](CNC(=O)C(F)(F)F)CC(C)C. The van der Waals surface area contributed by atoms with Gasteiger partial charge in [-0.25, -0.2) is 0 Å². The lowest BCUT2D eigenvalue weighted by Crippen LogP contribution is -2.40. The predicted octanol–water partition coefficient (Wildman–Crippen LogP) is 1.91. The van der Waals surface area contributed by atoms with Crippen molar-refractivity contribution in [1.82, 2.24) is 5.32 Å². The van der Waals surface area contributed by atoms with Crippen LogP contribution in [0.1, 0.15) is 26.7 Å². The van der Waals surface area contributed by atoms with E-state index >= 15 is 0 Å². The third-order valence-corrected chi connectivity index (χ3v) is 2.62. The molecule has 124 valence electrons. The van der Waals surface area contributed by atoms with Crippen molar-refractivity contribution in [3.05, 3.63) is 0 Å². The maximum atomic E-state index is 12.1. The first-order valence-corrected chi connectivity index (χ1v) is 6.66. The van der Waals surface area contributed by atoms with Crippen LogP contribution in [0, 0.1) is 11.8 Å². The van der Waals surface area contributed by atoms with Crippen LogP contribution in [-0.4, -0.2) is 44.9 Å². The number of alkyl halides is 3. The number of amides is 1. The van der Waals surface area contributed by atoms with E-state index in [4.69, 9.17) is 9.47 Å². The molecule has 0 heterocycles. The van der Waals surface area contributed by atoms with E-state index in [-0.39, 0.29) is 32.1 Å². The average molecular weight is 313 g/mol. The van der Waals surface area contributed by atoms with Gasteiger partial charge in [-0.2, -0.15) is 13.2 Å². The van der Waals surface area contributed by atoms with Gasteiger partial charge in [0.05, 0.1) is 13.0 Å². The number of rotatable bonds is 9. The summed E-state index contributed by atoms with van der Waals surface area (Å²) in [6.07, 6.45) is -4.45. The van der Waals surface area contributed by atoms with Crippen LogP contribution in [0.5, 0.6) is 0 Å². The molecule has 1 atom stereocenters. The largest absolute Gasteiger partial charge is 0.471 e. The summed E-state index contributed by atoms with van der Waals surface area (Å²) in [6.45, 7) is 3.91. The summed E-state index contributed by atoms with van der Waals surface area (Å²) in [5, 5.41) is 1.80. The average Bonchev–Trinajstić information content (AvgIpc) is 2.34. The number of carbonyl (C=O) groups is 2. The topological polar surface area (TPSA) is 64.6 Å². The summed E-state index contributed by atoms with van der Waals surface area (Å²) in [7, 11) is 1.46. The van der Waals surface area contributed by atoms with Gasteiger partial charge in [-0.05, 0) is 18.3 Å². The van der Waals surface area contributed by atoms with Gasteiger partial charge in [0, 0.05) is 13.7 Å². The van der Waals surface area contributed by atoms with Gasteiger partial charge in [-0.3, -0.25) is 9.59 Å². The Labute approximate surface area is 122 Å². The third kappa shape index (κ3) is 10.1. The van der Waals surface area contributed by atoms with Gasteiger partial charge in [0.15, 0.2) is 0 Å². The molecule has 0 aliphatic heterocycles. The van der Waals surface area contributed by atoms with Gasteiger partial charge in [0.25, 0.3) is 0 Å². The van der Waals surface area contributed by atoms with E-state index in [1.807, 2.05) is 13.8 Å². The Hall–Kier alpha value is -1.31. The molecule has 0 aromatic rings. The number of nitrogens with one attached hydrogen (secondary N) is 1. The van der Waals surface area contributed by atoms with Crippen molar-refractivity contribution in [1.29, 1.82) is 0 Å². The number of methoxy groups -OCH3 is 1. The molecule has 0 fully saturated rings. The van der Waals surface area contributed by atoms with Crippen LogP contribution < -0.4 is 5.32 Å². The van der Waals surface area contributed by atoms with E-state index in [0.717, 1.165) is 0 Å². The Morgan fingerprint density at radius 2 is 1.81 bits per heavy atom. The molecule has 8 heteroatoms. The minimum atomic E-state index is -4.92. The van der Waals surface area contributed by atoms with Crippen LogP contribution in [0.3, 0.4) is 0 Å². The number of esters is 1. The lowest BCUT2D eigenvalue weighted by molar-refractivity contribution is -0.173. The smallest absolute Gasteiger partial charge is 0.463 e. The van der Waals surface area contributed by atoms with E-state index in [1.54, 1.807) is 5.32 Å². The van der Waals surface area contributed by atoms with Gasteiger partial charge in [-0.15, -0.1) is 0 Å². The lowest BCUT2D eigenvalue weighted by atomic mass is 9.94. The maximum Gasteiger partial charge on any atom is 0.471 e. The Morgan fingerprint density at radius 1 is 1.19 bits per heavy atom. The fourth-order valence-corrected chi connectivity index (χ4v) is 1.78. The molecule has 1 amide bonds. The molecule has 0 saturated heterocycles. The zero-order valence-electron chi connectivity index (χ0n) is 12.5. The summed E-state index contributed by atoms with van der Waals surface area (Å²) in [5.41, 5.74) is 0. The molecule has 0 unspecified atom stereocenters. The predicted molar refractivity (Wildman–Crippen MR) is 69.5 cm³/mol. The fourth-order valence-electron chi connectivity index (χ4n) is 1.78. The molecule has 5 nitrogen and oxygen atoms in total. The number of hydrogen-bond acceptors (Lipinski definition) is 4. The van der Waals surface area contributed by atoms with E-state index in [0.29, 0.717) is 6.42 Å². The van der Waals surface area contributed by atoms with E-state index in [9.17, 15) is 22.8 Å². The van der Waals surface area contributed by atoms with Crippen molar-refractivity contribution >= 4 is 11.9 Å². The molecule has 0 aliphatic rings. The van der Waals surface area contributed by atoms with Crippen LogP contribution in [0.15, 0.2) is 0 Å². The first kappa shape index (κ1) is 19.7. The molecule has 21 heavy (non-hydrogen) atoms. The molecule has 0 rings (SSSR count). The highest BCUT2D eigenvalue weighted by Gasteiger charge is 2.38. The number of hydrogen-bond donors (Lipinski definition) is 1. The molecule has 0 bridgehead atoms. The minimum absolute atomic E-state index is 0.0416. The molecular formula is C13H22F3NO4. The Balaban J connectivity index is 4.32. The van der Waals surface area contributed by atoms with E-state index < -0.39 is 24.0 Å². The summed E-state index contributed by atoms with van der Waals surface area (Å²) < 4.78 is 45.9. The van der Waals surface area contributed by atoms with Crippen LogP contribution in [0.25, 0.3) is 0 Å². The monoisotopic (exact) mass is 313 g/mol. The van der Waals surface area contributed by atoms with Gasteiger partial charge in [-0.1, -0.05) is 13.8 Å². The molecule has 0 aromatic carbocycles. The first-order valence-electron chi connectivity index (χ1n) is 6.66. The highest BCUT2D eigenvalue weighted by Crippen LogP contribution is 2.18. The Morgan fingerprint density at radius 3 is 2.29 bits per heavy atom. The second-order valence-corrected chi connectivity index (χ2v) is 5.12. The van der Waals surface area contributed by atoms with Gasteiger partial charge >= 0.3 is 18.1 Å². The first-order chi connectivity index (χ1) is 9.66. The summed E-state index contributed by atoms with van der Waals surface area (Å²) in [5.74, 6) is -2.72. The summed E-state index contributed by atoms with van der Waals surface area (Å²) >= 11 is 0. The van der Waals surface area contributed by atoms with Gasteiger partial charge in [0.2, 0.25) is 0 Å². The molecular weight excluding hydrogens is 291 g/mol. The van der Waals surface area contributed by atoms with Crippen LogP contribution in [0.4, 0.5) is 13.2 Å². The normalized spacial score (nSPS) is 13.1. The number of carbonyl (C=O) groups excluding carboxylic acids is 2. The molecule has 0 spiro atoms. The zero-order valence-corrected chi connectivity index (χ0v) is 12.5. The maximum absolute atomic E-state index is 12.1. The zero-order chi connectivity index (χ0) is 16.5. The molecule has 0 radical (unpaired) electrons. The molecule has 1 N–H and O–H groups in total. The van der Waals surface area contributed by atoms with Gasteiger partial charge < -0.3 is 14.8 Å². The number of halogens is 3. The highest BCUT2D eigenvalue weighted by atomic mass is 19.4. The van der Waals surface area contributed by atoms with Crippen molar-refractivity contribution in [2.45, 2.75) is 32.9 Å². The van der Waals surface area contributed by atoms with Crippen LogP contribution in [-0.2, 0) is 19.1 Å². The Bertz CT molecular complexity index is 332. The third-order valence-electron chi connectivity index (χ3n) is 2.62. The van der Waals surface area contributed by atoms with Crippen molar-refractivity contribution < 1.29 is 32.2 Å². The van der Waals surface area contributed by atoms with Crippen LogP contribution >= 0.6 is 0 Å². The van der Waals surface area contributed by atoms with E-state index in [1.165, 1.54) is 7.11 Å². The van der Waals surface area contributed by atoms with Crippen molar-refractivity contribution in [2.75, 3.05) is 26.9 Å². The standard InChI is InChI=1S/C13H22F3NO4/c1-9(2)6-10(7-11(18)21-5-4-20-3)8-17-12(19)13(14,15)16/h9-10H,4-8H2,1-3H3,(H,17,19)/t10-/m0/s1. The van der Waals surface area contributed by atoms with E-state index in [2.05, 4.69) is 0 Å². The summed E-state index contributed by atoms with van der Waals surface area (Å²) in [4.78, 5) is 22.3. The Kier molecular flexibility index (Phi) is 9.00. The minimum Gasteiger partial charge on any atom is -0.463 e. The van der Waals surface area contributed by atoms with Crippen molar-refractivity contribution in [3.8, 4) is 0 Å². The van der Waals surface area contributed by atoms with Crippen LogP contribution in [0.2, 0.25) is 0 Å². The van der Waals surface area contributed by atoms with Gasteiger partial charge in [0.1, 0.15) is 6.61 Å². The molecule has 0 saturated carbocycles. The quantitative estimate of drug-likeness (QED) is 0.522. The fraction of sp³-hybridized carbons (Fsp3) is 0.846. The second kappa shape index (κ2) is 9.59. The summed E-state index contributed by atoms with van der Waals surface area (Å²) in [6, 6.07) is 0.